The number of benzene rings is 3. The molecule has 186 valence electrons. The molecule has 4 aromatic rings. The van der Waals surface area contributed by atoms with Gasteiger partial charge in [0.1, 0.15) is 24.6 Å². The van der Waals surface area contributed by atoms with Crippen molar-refractivity contribution in [2.45, 2.75) is 33.5 Å². The summed E-state index contributed by atoms with van der Waals surface area (Å²) in [6.07, 6.45) is 1.38. The van der Waals surface area contributed by atoms with Crippen LogP contribution in [-0.2, 0) is 6.67 Å². The van der Waals surface area contributed by atoms with Gasteiger partial charge in [-0.3, -0.25) is 5.41 Å². The molecule has 0 amide bonds. The fraction of sp³-hybridized carbons (Fsp3) is 0.222. The third-order valence-electron chi connectivity index (χ3n) is 5.30. The van der Waals surface area contributed by atoms with Crippen molar-refractivity contribution in [1.82, 2.24) is 14.8 Å². The highest BCUT2D eigenvalue weighted by atomic mass is 19.1. The second-order valence-corrected chi connectivity index (χ2v) is 8.36. The lowest BCUT2D eigenvalue weighted by molar-refractivity contribution is 0.229. The number of nitrogen functional groups attached to an aromatic ring is 1. The number of aromatic nitrogens is 3. The van der Waals surface area contributed by atoms with Crippen LogP contribution in [0.4, 0.5) is 15.8 Å². The molecule has 0 saturated carbocycles. The average molecular weight is 489 g/mol. The predicted octanol–water partition coefficient (Wildman–Crippen LogP) is 5.35. The van der Waals surface area contributed by atoms with Crippen molar-refractivity contribution >= 4 is 17.2 Å². The molecule has 0 aliphatic heterocycles. The summed E-state index contributed by atoms with van der Waals surface area (Å²) in [6.45, 7) is 6.12. The van der Waals surface area contributed by atoms with Gasteiger partial charge in [0.15, 0.2) is 17.4 Å². The Hall–Kier alpha value is -4.40. The normalized spacial score (nSPS) is 10.9. The van der Waals surface area contributed by atoms with E-state index in [1.807, 2.05) is 51.1 Å². The summed E-state index contributed by atoms with van der Waals surface area (Å²) in [7, 11) is 0. The van der Waals surface area contributed by atoms with Gasteiger partial charge in [-0.05, 0) is 45.0 Å². The Morgan fingerprint density at radius 2 is 1.83 bits per heavy atom. The topological polar surface area (TPSA) is 102 Å². The van der Waals surface area contributed by atoms with E-state index >= 15 is 4.39 Å². The molecule has 0 aliphatic rings. The van der Waals surface area contributed by atoms with Crippen LogP contribution < -0.4 is 20.1 Å². The molecule has 36 heavy (non-hydrogen) atoms. The molecule has 0 unspecified atom stereocenters. The fourth-order valence-corrected chi connectivity index (χ4v) is 3.69. The van der Waals surface area contributed by atoms with Crippen LogP contribution in [0.25, 0.3) is 11.4 Å². The van der Waals surface area contributed by atoms with Crippen LogP contribution in [0.1, 0.15) is 26.3 Å². The summed E-state index contributed by atoms with van der Waals surface area (Å²) < 4.78 is 29.0. The van der Waals surface area contributed by atoms with Crippen molar-refractivity contribution in [3.8, 4) is 22.9 Å². The number of nitrogens with two attached hydrogens (primary N) is 1. The van der Waals surface area contributed by atoms with E-state index in [1.54, 1.807) is 52.3 Å². The van der Waals surface area contributed by atoms with Crippen LogP contribution >= 0.6 is 0 Å². The lowest BCUT2D eigenvalue weighted by Crippen LogP contribution is -2.23. The Bertz CT molecular complexity index is 1320. The van der Waals surface area contributed by atoms with E-state index in [9.17, 15) is 0 Å². The maximum Gasteiger partial charge on any atom is 0.188 e. The third kappa shape index (κ3) is 5.63. The first-order valence-corrected chi connectivity index (χ1v) is 11.7. The van der Waals surface area contributed by atoms with Crippen molar-refractivity contribution in [2.75, 3.05) is 11.5 Å². The Kier molecular flexibility index (Phi) is 7.48. The number of halogens is 1. The van der Waals surface area contributed by atoms with E-state index in [0.29, 0.717) is 29.4 Å². The fourth-order valence-electron chi connectivity index (χ4n) is 3.69. The smallest absolute Gasteiger partial charge is 0.188 e. The zero-order chi connectivity index (χ0) is 25.7. The molecule has 8 nitrogen and oxygen atoms in total. The minimum atomic E-state index is -0.522. The number of rotatable bonds is 10. The van der Waals surface area contributed by atoms with Gasteiger partial charge in [0.05, 0.1) is 18.4 Å². The van der Waals surface area contributed by atoms with Gasteiger partial charge in [-0.25, -0.2) is 14.1 Å². The second-order valence-electron chi connectivity index (χ2n) is 8.36. The summed E-state index contributed by atoms with van der Waals surface area (Å²) in [5.41, 5.74) is 8.00. The number of nitrogens with zero attached hydrogens (tertiary/aromatic N) is 4. The first-order chi connectivity index (χ1) is 17.4. The van der Waals surface area contributed by atoms with Crippen molar-refractivity contribution < 1.29 is 13.9 Å². The van der Waals surface area contributed by atoms with Crippen LogP contribution in [0.5, 0.6) is 11.5 Å². The van der Waals surface area contributed by atoms with Gasteiger partial charge >= 0.3 is 0 Å². The molecule has 9 heteroatoms. The minimum Gasteiger partial charge on any atom is -0.494 e. The molecule has 0 bridgehead atoms. The summed E-state index contributed by atoms with van der Waals surface area (Å²) in [4.78, 5) is 6.18. The lowest BCUT2D eigenvalue weighted by Gasteiger charge is -2.27. The average Bonchev–Trinajstić information content (AvgIpc) is 3.34. The summed E-state index contributed by atoms with van der Waals surface area (Å²) in [5, 5.41) is 12.3. The van der Waals surface area contributed by atoms with Gasteiger partial charge in [0, 0.05) is 28.9 Å². The molecule has 0 spiro atoms. The highest BCUT2D eigenvalue weighted by molar-refractivity contribution is 5.95. The largest absolute Gasteiger partial charge is 0.494 e. The maximum atomic E-state index is 15.8. The molecule has 0 saturated heterocycles. The maximum absolute atomic E-state index is 15.8. The molecule has 0 atom stereocenters. The number of hydrogen-bond donors (Lipinski definition) is 2. The van der Waals surface area contributed by atoms with E-state index in [1.165, 1.54) is 0 Å². The SMILES string of the molecule is CCOc1cc(OC(C)C)c(F)c(N(Cn2cnc(-c3ccccc3)n2)c2ccc(C(=N)N)cc2)c1. The summed E-state index contributed by atoms with van der Waals surface area (Å²) in [6, 6.07) is 19.8. The van der Waals surface area contributed by atoms with Gasteiger partial charge in [-0.1, -0.05) is 30.3 Å². The van der Waals surface area contributed by atoms with Crippen molar-refractivity contribution in [1.29, 1.82) is 5.41 Å². The lowest BCUT2D eigenvalue weighted by atomic mass is 10.1. The van der Waals surface area contributed by atoms with Gasteiger partial charge in [-0.15, -0.1) is 5.10 Å². The molecule has 3 N–H and O–H groups in total. The second kappa shape index (κ2) is 10.9. The van der Waals surface area contributed by atoms with E-state index in [0.717, 1.165) is 5.56 Å². The van der Waals surface area contributed by atoms with Crippen LogP contribution in [-0.4, -0.2) is 33.3 Å². The molecular formula is C27H29FN6O2. The molecule has 1 heterocycles. The summed E-state index contributed by atoms with van der Waals surface area (Å²) >= 11 is 0. The zero-order valence-corrected chi connectivity index (χ0v) is 20.5. The van der Waals surface area contributed by atoms with Gasteiger partial charge in [0.2, 0.25) is 0 Å². The van der Waals surface area contributed by atoms with Crippen LogP contribution in [0, 0.1) is 11.2 Å². The number of amidine groups is 1. The van der Waals surface area contributed by atoms with Gasteiger partial charge in [-0.2, -0.15) is 0 Å². The van der Waals surface area contributed by atoms with Gasteiger partial charge < -0.3 is 20.1 Å². The number of nitrogens with one attached hydrogen (secondary N) is 1. The Labute approximate surface area is 209 Å². The van der Waals surface area contributed by atoms with Crippen LogP contribution in [0.15, 0.2) is 73.1 Å². The molecule has 0 aliphatic carbocycles. The van der Waals surface area contributed by atoms with E-state index in [2.05, 4.69) is 10.1 Å². The Morgan fingerprint density at radius 3 is 2.47 bits per heavy atom. The number of hydrogen-bond acceptors (Lipinski definition) is 6. The first kappa shape index (κ1) is 24.7. The van der Waals surface area contributed by atoms with Crippen molar-refractivity contribution in [3.05, 3.63) is 84.4 Å². The predicted molar refractivity (Wildman–Crippen MR) is 138 cm³/mol. The third-order valence-corrected chi connectivity index (χ3v) is 5.30. The highest BCUT2D eigenvalue weighted by Crippen LogP contribution is 2.38. The van der Waals surface area contributed by atoms with E-state index < -0.39 is 5.82 Å². The number of anilines is 2. The van der Waals surface area contributed by atoms with Gasteiger partial charge in [0.25, 0.3) is 0 Å². The molecule has 0 radical (unpaired) electrons. The molecule has 0 fully saturated rings. The Morgan fingerprint density at radius 1 is 1.11 bits per heavy atom. The standard InChI is InChI=1S/C27H29FN6O2/c1-4-35-22-14-23(25(28)24(15-22)36-18(2)3)34(21-12-10-19(11-13-21)26(29)30)17-33-16-31-27(32-33)20-8-6-5-7-9-20/h5-16,18H,4,17H2,1-3H3,(H3,29,30). The minimum absolute atomic E-state index is 0.0472. The first-order valence-electron chi connectivity index (χ1n) is 11.7. The van der Waals surface area contributed by atoms with E-state index in [-0.39, 0.29) is 30.0 Å². The van der Waals surface area contributed by atoms with Crippen LogP contribution in [0.2, 0.25) is 0 Å². The number of ether oxygens (including phenoxy) is 2. The highest BCUT2D eigenvalue weighted by Gasteiger charge is 2.22. The molecule has 3 aromatic carbocycles. The molecule has 4 rings (SSSR count). The van der Waals surface area contributed by atoms with E-state index in [4.69, 9.17) is 20.6 Å². The quantitative estimate of drug-likeness (QED) is 0.230. The van der Waals surface area contributed by atoms with Crippen molar-refractivity contribution in [3.63, 3.8) is 0 Å². The molecule has 1 aromatic heterocycles. The zero-order valence-electron chi connectivity index (χ0n) is 20.5. The Balaban J connectivity index is 1.79. The van der Waals surface area contributed by atoms with Crippen molar-refractivity contribution in [2.24, 2.45) is 5.73 Å². The van der Waals surface area contributed by atoms with Crippen LogP contribution in [0.3, 0.4) is 0 Å². The monoisotopic (exact) mass is 488 g/mol. The summed E-state index contributed by atoms with van der Waals surface area (Å²) in [5.74, 6) is 0.577. The molecular weight excluding hydrogens is 459 g/mol.